The van der Waals surface area contributed by atoms with E-state index in [0.29, 0.717) is 28.1 Å². The zero-order valence-electron chi connectivity index (χ0n) is 10.9. The molecule has 0 unspecified atom stereocenters. The zero-order chi connectivity index (χ0) is 14.1. The summed E-state index contributed by atoms with van der Waals surface area (Å²) in [6.45, 7) is 2.84. The monoisotopic (exact) mass is 309 g/mol. The van der Waals surface area contributed by atoms with Crippen molar-refractivity contribution in [3.05, 3.63) is 51.5 Å². The predicted octanol–water partition coefficient (Wildman–Crippen LogP) is 4.64. The maximum absolute atomic E-state index is 6.19. The van der Waals surface area contributed by atoms with Crippen LogP contribution in [0.5, 0.6) is 11.5 Å². The van der Waals surface area contributed by atoms with Crippen LogP contribution < -0.4 is 14.8 Å². The number of halogens is 2. The lowest BCUT2D eigenvalue weighted by atomic mass is 10.1. The molecule has 0 spiro atoms. The molecular weight excluding hydrogens is 297 g/mol. The molecule has 3 rings (SSSR count). The van der Waals surface area contributed by atoms with Crippen LogP contribution in [0, 0.1) is 6.92 Å². The van der Waals surface area contributed by atoms with Gasteiger partial charge in [-0.3, -0.25) is 0 Å². The molecule has 0 saturated carbocycles. The Kier molecular flexibility index (Phi) is 3.64. The molecule has 3 nitrogen and oxygen atoms in total. The first kappa shape index (κ1) is 13.4. The smallest absolute Gasteiger partial charge is 0.231 e. The SMILES string of the molecule is Cc1cccc(Cl)c1NCc1cc(Cl)c2c(c1)OCO2. The minimum absolute atomic E-state index is 0.218. The Labute approximate surface area is 127 Å². The van der Waals surface area contributed by atoms with Gasteiger partial charge in [0.1, 0.15) is 0 Å². The summed E-state index contributed by atoms with van der Waals surface area (Å²) in [5.74, 6) is 1.30. The highest BCUT2D eigenvalue weighted by Gasteiger charge is 2.18. The molecule has 5 heteroatoms. The van der Waals surface area contributed by atoms with Crippen LogP contribution in [0.2, 0.25) is 10.0 Å². The number of hydrogen-bond acceptors (Lipinski definition) is 3. The van der Waals surface area contributed by atoms with E-state index in [2.05, 4.69) is 5.32 Å². The van der Waals surface area contributed by atoms with Gasteiger partial charge in [-0.25, -0.2) is 0 Å². The summed E-state index contributed by atoms with van der Waals surface area (Å²) in [7, 11) is 0. The van der Waals surface area contributed by atoms with Crippen molar-refractivity contribution in [2.75, 3.05) is 12.1 Å². The van der Waals surface area contributed by atoms with Crippen LogP contribution in [0.4, 0.5) is 5.69 Å². The van der Waals surface area contributed by atoms with E-state index in [1.165, 1.54) is 0 Å². The van der Waals surface area contributed by atoms with Crippen LogP contribution in [-0.4, -0.2) is 6.79 Å². The highest BCUT2D eigenvalue weighted by atomic mass is 35.5. The summed E-state index contributed by atoms with van der Waals surface area (Å²) in [5.41, 5.74) is 3.05. The van der Waals surface area contributed by atoms with E-state index in [-0.39, 0.29) is 6.79 Å². The summed E-state index contributed by atoms with van der Waals surface area (Å²) >= 11 is 12.3. The second-order valence-electron chi connectivity index (χ2n) is 4.60. The van der Waals surface area contributed by atoms with E-state index in [0.717, 1.165) is 16.8 Å². The molecule has 1 N–H and O–H groups in total. The maximum atomic E-state index is 6.19. The van der Waals surface area contributed by atoms with Gasteiger partial charge in [0, 0.05) is 6.54 Å². The van der Waals surface area contributed by atoms with Crippen molar-refractivity contribution in [1.82, 2.24) is 0 Å². The molecule has 0 fully saturated rings. The minimum Gasteiger partial charge on any atom is -0.454 e. The normalized spacial score (nSPS) is 12.6. The van der Waals surface area contributed by atoms with Crippen LogP contribution in [0.3, 0.4) is 0 Å². The fourth-order valence-electron chi connectivity index (χ4n) is 2.17. The Morgan fingerprint density at radius 3 is 2.80 bits per heavy atom. The quantitative estimate of drug-likeness (QED) is 0.895. The number of hydrogen-bond donors (Lipinski definition) is 1. The third-order valence-electron chi connectivity index (χ3n) is 3.18. The van der Waals surface area contributed by atoms with E-state index in [4.69, 9.17) is 32.7 Å². The number of fused-ring (bicyclic) bond motifs is 1. The summed E-state index contributed by atoms with van der Waals surface area (Å²) in [6.07, 6.45) is 0. The Balaban J connectivity index is 1.81. The van der Waals surface area contributed by atoms with Crippen molar-refractivity contribution in [3.8, 4) is 11.5 Å². The zero-order valence-corrected chi connectivity index (χ0v) is 12.4. The first-order chi connectivity index (χ1) is 9.65. The summed E-state index contributed by atoms with van der Waals surface area (Å²) in [4.78, 5) is 0. The van der Waals surface area contributed by atoms with E-state index in [1.807, 2.05) is 37.3 Å². The maximum Gasteiger partial charge on any atom is 0.231 e. The highest BCUT2D eigenvalue weighted by molar-refractivity contribution is 6.33. The third kappa shape index (κ3) is 2.51. The second kappa shape index (κ2) is 5.43. The molecule has 0 bridgehead atoms. The van der Waals surface area contributed by atoms with Crippen molar-refractivity contribution < 1.29 is 9.47 Å². The van der Waals surface area contributed by atoms with E-state index in [9.17, 15) is 0 Å². The molecule has 0 radical (unpaired) electrons. The van der Waals surface area contributed by atoms with Crippen LogP contribution in [0.25, 0.3) is 0 Å². The van der Waals surface area contributed by atoms with Gasteiger partial charge in [-0.15, -0.1) is 0 Å². The number of para-hydroxylation sites is 1. The van der Waals surface area contributed by atoms with Gasteiger partial charge in [-0.05, 0) is 36.2 Å². The fraction of sp³-hybridized carbons (Fsp3) is 0.200. The number of aryl methyl sites for hydroxylation is 1. The van der Waals surface area contributed by atoms with E-state index in [1.54, 1.807) is 0 Å². The molecule has 1 aliphatic heterocycles. The van der Waals surface area contributed by atoms with Crippen molar-refractivity contribution >= 4 is 28.9 Å². The average Bonchev–Trinajstić information content (AvgIpc) is 2.87. The van der Waals surface area contributed by atoms with Crippen LogP contribution in [0.15, 0.2) is 30.3 Å². The number of anilines is 1. The molecule has 1 heterocycles. The highest BCUT2D eigenvalue weighted by Crippen LogP contribution is 2.40. The van der Waals surface area contributed by atoms with Gasteiger partial charge in [-0.1, -0.05) is 35.3 Å². The van der Waals surface area contributed by atoms with Crippen molar-refractivity contribution in [2.45, 2.75) is 13.5 Å². The summed E-state index contributed by atoms with van der Waals surface area (Å²) in [6, 6.07) is 9.60. The van der Waals surface area contributed by atoms with E-state index >= 15 is 0 Å². The molecule has 2 aromatic carbocycles. The Bertz CT molecular complexity index is 638. The minimum atomic E-state index is 0.218. The number of nitrogens with one attached hydrogen (secondary N) is 1. The Morgan fingerprint density at radius 1 is 1.15 bits per heavy atom. The molecule has 0 aliphatic carbocycles. The average molecular weight is 310 g/mol. The lowest BCUT2D eigenvalue weighted by Crippen LogP contribution is -2.01. The van der Waals surface area contributed by atoms with Gasteiger partial charge >= 0.3 is 0 Å². The Hall–Kier alpha value is -1.58. The molecule has 1 aliphatic rings. The van der Waals surface area contributed by atoms with Gasteiger partial charge < -0.3 is 14.8 Å². The summed E-state index contributed by atoms with van der Waals surface area (Å²) < 4.78 is 10.6. The van der Waals surface area contributed by atoms with Crippen molar-refractivity contribution in [2.24, 2.45) is 0 Å². The van der Waals surface area contributed by atoms with Crippen molar-refractivity contribution in [3.63, 3.8) is 0 Å². The largest absolute Gasteiger partial charge is 0.454 e. The Morgan fingerprint density at radius 2 is 2.00 bits per heavy atom. The third-order valence-corrected chi connectivity index (χ3v) is 3.77. The molecule has 20 heavy (non-hydrogen) atoms. The number of benzene rings is 2. The van der Waals surface area contributed by atoms with Crippen LogP contribution >= 0.6 is 23.2 Å². The second-order valence-corrected chi connectivity index (χ2v) is 5.41. The summed E-state index contributed by atoms with van der Waals surface area (Å²) in [5, 5.41) is 4.60. The van der Waals surface area contributed by atoms with Crippen molar-refractivity contribution in [1.29, 1.82) is 0 Å². The van der Waals surface area contributed by atoms with Gasteiger partial charge in [0.05, 0.1) is 15.7 Å². The molecular formula is C15H13Cl2NO2. The van der Waals surface area contributed by atoms with Gasteiger partial charge in [0.25, 0.3) is 0 Å². The van der Waals surface area contributed by atoms with Gasteiger partial charge in [0.2, 0.25) is 6.79 Å². The lowest BCUT2D eigenvalue weighted by Gasteiger charge is -2.12. The number of ether oxygens (including phenoxy) is 2. The van der Waals surface area contributed by atoms with Crippen LogP contribution in [-0.2, 0) is 6.54 Å². The van der Waals surface area contributed by atoms with Crippen LogP contribution in [0.1, 0.15) is 11.1 Å². The van der Waals surface area contributed by atoms with Gasteiger partial charge in [0.15, 0.2) is 11.5 Å². The molecule has 0 aromatic heterocycles. The van der Waals surface area contributed by atoms with E-state index < -0.39 is 0 Å². The first-order valence-corrected chi connectivity index (χ1v) is 6.98. The molecule has 104 valence electrons. The lowest BCUT2D eigenvalue weighted by molar-refractivity contribution is 0.174. The molecule has 0 atom stereocenters. The molecule has 0 amide bonds. The predicted molar refractivity (Wildman–Crippen MR) is 81.1 cm³/mol. The molecule has 0 saturated heterocycles. The topological polar surface area (TPSA) is 30.5 Å². The first-order valence-electron chi connectivity index (χ1n) is 6.22. The number of rotatable bonds is 3. The standard InChI is InChI=1S/C15H13Cl2NO2/c1-9-3-2-4-11(16)14(9)18-7-10-5-12(17)15-13(6-10)19-8-20-15/h2-6,18H,7-8H2,1H3. The fourth-order valence-corrected chi connectivity index (χ4v) is 2.75. The van der Waals surface area contributed by atoms with Gasteiger partial charge in [-0.2, -0.15) is 0 Å². The molecule has 2 aromatic rings.